The van der Waals surface area contributed by atoms with Gasteiger partial charge in [0.15, 0.2) is 0 Å². The number of amides is 2. The molecule has 3 N–H and O–H groups in total. The maximum Gasteiger partial charge on any atom is 0.251 e. The van der Waals surface area contributed by atoms with E-state index in [2.05, 4.69) is 10.6 Å². The van der Waals surface area contributed by atoms with Crippen LogP contribution >= 0.6 is 0 Å². The molecule has 1 heterocycles. The van der Waals surface area contributed by atoms with Gasteiger partial charge in [-0.25, -0.2) is 0 Å². The van der Waals surface area contributed by atoms with Crippen molar-refractivity contribution in [3.8, 4) is 0 Å². The highest BCUT2D eigenvalue weighted by Crippen LogP contribution is 2.31. The van der Waals surface area contributed by atoms with Gasteiger partial charge in [0.25, 0.3) is 5.91 Å². The fourth-order valence-electron chi connectivity index (χ4n) is 3.31. The molecule has 2 aromatic rings. The summed E-state index contributed by atoms with van der Waals surface area (Å²) in [6, 6.07) is 12.5. The molecule has 2 aliphatic rings. The SMILES string of the molecule is O=C1Cc2ccc(C(=O)N[C@@H]3Cc4ccccc4[C@@H]3O)cc2N1. The molecule has 1 aliphatic carbocycles. The molecule has 0 spiro atoms. The van der Waals surface area contributed by atoms with Gasteiger partial charge in [0, 0.05) is 11.3 Å². The monoisotopic (exact) mass is 308 g/mol. The lowest BCUT2D eigenvalue weighted by atomic mass is 10.1. The number of anilines is 1. The van der Waals surface area contributed by atoms with Gasteiger partial charge in [0.2, 0.25) is 5.91 Å². The number of aliphatic hydroxyl groups is 1. The second kappa shape index (κ2) is 5.21. The first kappa shape index (κ1) is 14.0. The van der Waals surface area contributed by atoms with Crippen molar-refractivity contribution in [1.82, 2.24) is 5.32 Å². The molecule has 2 aromatic carbocycles. The summed E-state index contributed by atoms with van der Waals surface area (Å²) < 4.78 is 0. The molecule has 4 rings (SSSR count). The summed E-state index contributed by atoms with van der Waals surface area (Å²) in [6.45, 7) is 0. The fraction of sp³-hybridized carbons (Fsp3) is 0.222. The lowest BCUT2D eigenvalue weighted by Gasteiger charge is -2.17. The molecule has 0 bridgehead atoms. The van der Waals surface area contributed by atoms with E-state index in [0.29, 0.717) is 24.1 Å². The number of hydrogen-bond donors (Lipinski definition) is 3. The quantitative estimate of drug-likeness (QED) is 0.788. The Morgan fingerprint density at radius 1 is 1.17 bits per heavy atom. The minimum atomic E-state index is -0.690. The van der Waals surface area contributed by atoms with Gasteiger partial charge < -0.3 is 15.7 Å². The summed E-state index contributed by atoms with van der Waals surface area (Å²) in [7, 11) is 0. The highest BCUT2D eigenvalue weighted by molar-refractivity contribution is 6.02. The third-order valence-electron chi connectivity index (χ3n) is 4.51. The van der Waals surface area contributed by atoms with Crippen LogP contribution in [0.3, 0.4) is 0 Å². The number of hydrogen-bond acceptors (Lipinski definition) is 3. The van der Waals surface area contributed by atoms with Crippen LogP contribution in [0.2, 0.25) is 0 Å². The van der Waals surface area contributed by atoms with Crippen LogP contribution < -0.4 is 10.6 Å². The van der Waals surface area contributed by atoms with Gasteiger partial charge in [-0.3, -0.25) is 9.59 Å². The predicted molar refractivity (Wildman–Crippen MR) is 85.1 cm³/mol. The van der Waals surface area contributed by atoms with Crippen LogP contribution in [0.15, 0.2) is 42.5 Å². The molecular formula is C18H16N2O3. The molecule has 0 fully saturated rings. The lowest BCUT2D eigenvalue weighted by Crippen LogP contribution is -2.37. The summed E-state index contributed by atoms with van der Waals surface area (Å²) >= 11 is 0. The molecule has 2 atom stereocenters. The van der Waals surface area contributed by atoms with Gasteiger partial charge in [-0.1, -0.05) is 30.3 Å². The second-order valence-corrected chi connectivity index (χ2v) is 6.02. The molecule has 0 saturated carbocycles. The summed E-state index contributed by atoms with van der Waals surface area (Å²) in [5.74, 6) is -0.301. The third kappa shape index (κ3) is 2.39. The number of fused-ring (bicyclic) bond motifs is 2. The van der Waals surface area contributed by atoms with Crippen molar-refractivity contribution in [3.63, 3.8) is 0 Å². The highest BCUT2D eigenvalue weighted by Gasteiger charge is 2.32. The van der Waals surface area contributed by atoms with E-state index in [9.17, 15) is 14.7 Å². The normalized spacial score (nSPS) is 21.5. The van der Waals surface area contributed by atoms with E-state index < -0.39 is 6.10 Å². The molecule has 1 aliphatic heterocycles. The van der Waals surface area contributed by atoms with Crippen molar-refractivity contribution in [3.05, 3.63) is 64.7 Å². The van der Waals surface area contributed by atoms with Crippen LogP contribution in [0.5, 0.6) is 0 Å². The Morgan fingerprint density at radius 3 is 2.83 bits per heavy atom. The molecular weight excluding hydrogens is 292 g/mol. The van der Waals surface area contributed by atoms with Gasteiger partial charge in [0.1, 0.15) is 0 Å². The van der Waals surface area contributed by atoms with Crippen molar-refractivity contribution in [2.75, 3.05) is 5.32 Å². The van der Waals surface area contributed by atoms with Crippen LogP contribution in [-0.4, -0.2) is 23.0 Å². The summed E-state index contributed by atoms with van der Waals surface area (Å²) in [6.07, 6.45) is 0.280. The topological polar surface area (TPSA) is 78.4 Å². The maximum absolute atomic E-state index is 12.4. The molecule has 0 unspecified atom stereocenters. The highest BCUT2D eigenvalue weighted by atomic mass is 16.3. The number of nitrogens with one attached hydrogen (secondary N) is 2. The number of benzene rings is 2. The molecule has 23 heavy (non-hydrogen) atoms. The summed E-state index contributed by atoms with van der Waals surface area (Å²) in [5.41, 5.74) is 4.01. The summed E-state index contributed by atoms with van der Waals surface area (Å²) in [5, 5.41) is 16.0. The number of carbonyl (C=O) groups is 2. The maximum atomic E-state index is 12.4. The molecule has 0 radical (unpaired) electrons. The minimum absolute atomic E-state index is 0.0563. The van der Waals surface area contributed by atoms with Crippen molar-refractivity contribution in [2.45, 2.75) is 25.0 Å². The first-order valence-corrected chi connectivity index (χ1v) is 7.61. The van der Waals surface area contributed by atoms with Crippen LogP contribution in [0, 0.1) is 0 Å². The van der Waals surface area contributed by atoms with Gasteiger partial charge in [-0.15, -0.1) is 0 Å². The van der Waals surface area contributed by atoms with Crippen LogP contribution in [-0.2, 0) is 17.6 Å². The van der Waals surface area contributed by atoms with E-state index in [1.54, 1.807) is 18.2 Å². The Kier molecular flexibility index (Phi) is 3.16. The van der Waals surface area contributed by atoms with E-state index in [1.165, 1.54) is 0 Å². The predicted octanol–water partition coefficient (Wildman–Crippen LogP) is 1.57. The van der Waals surface area contributed by atoms with E-state index >= 15 is 0 Å². The average Bonchev–Trinajstić information content (AvgIpc) is 3.06. The van der Waals surface area contributed by atoms with Crippen LogP contribution in [0.4, 0.5) is 5.69 Å². The zero-order chi connectivity index (χ0) is 16.0. The van der Waals surface area contributed by atoms with Crippen LogP contribution in [0.1, 0.15) is 33.2 Å². The molecule has 0 saturated heterocycles. The van der Waals surface area contributed by atoms with Crippen molar-refractivity contribution in [1.29, 1.82) is 0 Å². The lowest BCUT2D eigenvalue weighted by molar-refractivity contribution is -0.115. The Hall–Kier alpha value is -2.66. The molecule has 5 nitrogen and oxygen atoms in total. The minimum Gasteiger partial charge on any atom is -0.386 e. The molecule has 116 valence electrons. The smallest absolute Gasteiger partial charge is 0.251 e. The van der Waals surface area contributed by atoms with E-state index in [4.69, 9.17) is 0 Å². The Morgan fingerprint density at radius 2 is 2.00 bits per heavy atom. The zero-order valence-electron chi connectivity index (χ0n) is 12.4. The number of aliphatic hydroxyl groups excluding tert-OH is 1. The third-order valence-corrected chi connectivity index (χ3v) is 4.51. The van der Waals surface area contributed by atoms with Gasteiger partial charge in [-0.05, 0) is 35.2 Å². The van der Waals surface area contributed by atoms with Crippen molar-refractivity contribution < 1.29 is 14.7 Å². The Balaban J connectivity index is 1.51. The van der Waals surface area contributed by atoms with Crippen molar-refractivity contribution >= 4 is 17.5 Å². The Bertz CT molecular complexity index is 816. The summed E-state index contributed by atoms with van der Waals surface area (Å²) in [4.78, 5) is 23.8. The number of carbonyl (C=O) groups excluding carboxylic acids is 2. The second-order valence-electron chi connectivity index (χ2n) is 6.02. The van der Waals surface area contributed by atoms with E-state index in [-0.39, 0.29) is 17.9 Å². The number of rotatable bonds is 2. The fourth-order valence-corrected chi connectivity index (χ4v) is 3.31. The van der Waals surface area contributed by atoms with Crippen LogP contribution in [0.25, 0.3) is 0 Å². The van der Waals surface area contributed by atoms with E-state index in [0.717, 1.165) is 16.7 Å². The zero-order valence-corrected chi connectivity index (χ0v) is 12.4. The van der Waals surface area contributed by atoms with Crippen molar-refractivity contribution in [2.24, 2.45) is 0 Å². The molecule has 2 amide bonds. The first-order chi connectivity index (χ1) is 11.1. The molecule has 5 heteroatoms. The van der Waals surface area contributed by atoms with Gasteiger partial charge in [0.05, 0.1) is 18.6 Å². The standard InChI is InChI=1S/C18H16N2O3/c21-16-9-11-5-6-12(8-14(11)19-16)18(23)20-15-7-10-3-1-2-4-13(10)17(15)22/h1-6,8,15,17,22H,7,9H2,(H,19,21)(H,20,23)/t15-,17+/m1/s1. The Labute approximate surface area is 133 Å². The molecule has 0 aromatic heterocycles. The first-order valence-electron chi connectivity index (χ1n) is 7.61. The van der Waals surface area contributed by atoms with Gasteiger partial charge >= 0.3 is 0 Å². The van der Waals surface area contributed by atoms with E-state index in [1.807, 2.05) is 24.3 Å². The average molecular weight is 308 g/mol. The largest absolute Gasteiger partial charge is 0.386 e. The van der Waals surface area contributed by atoms with Gasteiger partial charge in [-0.2, -0.15) is 0 Å².